The first kappa shape index (κ1) is 19.3. The van der Waals surface area contributed by atoms with Gasteiger partial charge in [0.1, 0.15) is 17.3 Å². The Bertz CT molecular complexity index is 1280. The number of nitrogens with one attached hydrogen (secondary N) is 1. The van der Waals surface area contributed by atoms with Crippen LogP contribution in [0.1, 0.15) is 16.3 Å². The van der Waals surface area contributed by atoms with E-state index in [1.54, 1.807) is 55.6 Å². The molecule has 2 heterocycles. The highest BCUT2D eigenvalue weighted by atomic mass is 16.5. The molecule has 0 aliphatic rings. The third-order valence-electron chi connectivity index (χ3n) is 4.60. The van der Waals surface area contributed by atoms with Crippen LogP contribution in [-0.2, 0) is 6.54 Å². The number of hydrogen-bond acceptors (Lipinski definition) is 6. The Morgan fingerprint density at radius 1 is 1.10 bits per heavy atom. The van der Waals surface area contributed by atoms with Gasteiger partial charge >= 0.3 is 0 Å². The number of ether oxygens (including phenoxy) is 2. The molecule has 0 bridgehead atoms. The van der Waals surface area contributed by atoms with E-state index in [2.05, 4.69) is 10.3 Å². The molecule has 0 spiro atoms. The summed E-state index contributed by atoms with van der Waals surface area (Å²) < 4.78 is 17.5. The van der Waals surface area contributed by atoms with Gasteiger partial charge in [-0.25, -0.2) is 4.98 Å². The van der Waals surface area contributed by atoms with E-state index in [1.165, 1.54) is 18.0 Å². The smallest absolute Gasteiger partial charge is 0.291 e. The van der Waals surface area contributed by atoms with E-state index in [0.29, 0.717) is 33.8 Å². The van der Waals surface area contributed by atoms with Crippen LogP contribution in [0.4, 0.5) is 5.69 Å². The number of hydrogen-bond donors (Lipinski definition) is 1. The third kappa shape index (κ3) is 3.75. The van der Waals surface area contributed by atoms with E-state index in [4.69, 9.17) is 13.9 Å². The third-order valence-corrected chi connectivity index (χ3v) is 4.60. The van der Waals surface area contributed by atoms with E-state index >= 15 is 0 Å². The summed E-state index contributed by atoms with van der Waals surface area (Å²) in [6.45, 7) is 0.163. The Labute approximate surface area is 171 Å². The second-order valence-electron chi connectivity index (χ2n) is 6.48. The van der Waals surface area contributed by atoms with Crippen LogP contribution in [-0.4, -0.2) is 29.7 Å². The maximum Gasteiger partial charge on any atom is 0.291 e. The number of aromatic nitrogens is 2. The normalized spacial score (nSPS) is 10.7. The topological polar surface area (TPSA) is 95.6 Å². The number of amides is 1. The minimum Gasteiger partial charge on any atom is -0.497 e. The molecule has 0 atom stereocenters. The molecule has 1 N–H and O–H groups in total. The second kappa shape index (κ2) is 8.12. The number of rotatable bonds is 6. The predicted octanol–water partition coefficient (Wildman–Crippen LogP) is 3.31. The lowest BCUT2D eigenvalue weighted by Gasteiger charge is -2.10. The van der Waals surface area contributed by atoms with Crippen molar-refractivity contribution in [3.05, 3.63) is 82.8 Å². The molecule has 30 heavy (non-hydrogen) atoms. The number of fused-ring (bicyclic) bond motifs is 1. The number of carbonyl (C=O) groups excluding carboxylic acids is 1. The van der Waals surface area contributed by atoms with E-state index in [9.17, 15) is 9.59 Å². The van der Waals surface area contributed by atoms with Crippen LogP contribution in [0, 0.1) is 0 Å². The van der Waals surface area contributed by atoms with Crippen LogP contribution in [0.3, 0.4) is 0 Å². The highest BCUT2D eigenvalue weighted by molar-refractivity contribution is 6.03. The van der Waals surface area contributed by atoms with Gasteiger partial charge in [-0.1, -0.05) is 12.1 Å². The molecule has 0 fully saturated rings. The summed E-state index contributed by atoms with van der Waals surface area (Å²) in [4.78, 5) is 29.5. The minimum atomic E-state index is -0.436. The first-order valence-electron chi connectivity index (χ1n) is 9.15. The van der Waals surface area contributed by atoms with Crippen molar-refractivity contribution in [1.29, 1.82) is 0 Å². The molecule has 0 aliphatic heterocycles. The Balaban J connectivity index is 1.53. The van der Waals surface area contributed by atoms with Crippen molar-refractivity contribution in [3.63, 3.8) is 0 Å². The zero-order chi connectivity index (χ0) is 21.1. The van der Waals surface area contributed by atoms with Gasteiger partial charge in [0.15, 0.2) is 5.76 Å². The van der Waals surface area contributed by atoms with Gasteiger partial charge in [0.2, 0.25) is 0 Å². The summed E-state index contributed by atoms with van der Waals surface area (Å²) in [6, 6.07) is 15.4. The maximum atomic E-state index is 12.6. The highest BCUT2D eigenvalue weighted by Crippen LogP contribution is 2.29. The Morgan fingerprint density at radius 2 is 1.93 bits per heavy atom. The summed E-state index contributed by atoms with van der Waals surface area (Å²) in [7, 11) is 3.05. The number of benzene rings is 2. The zero-order valence-corrected chi connectivity index (χ0v) is 16.4. The second-order valence-corrected chi connectivity index (χ2v) is 6.48. The molecule has 0 saturated heterocycles. The molecular formula is C22H19N3O5. The fourth-order valence-corrected chi connectivity index (χ4v) is 3.06. The Morgan fingerprint density at radius 3 is 2.73 bits per heavy atom. The molecule has 0 radical (unpaired) electrons. The SMILES string of the molecule is COc1ccc(NC(=O)c2ccc(Cn3cnc4ccccc4c3=O)o2)c(OC)c1. The molecule has 152 valence electrons. The van der Waals surface area contributed by atoms with Gasteiger partial charge in [0, 0.05) is 6.07 Å². The molecule has 4 rings (SSSR count). The van der Waals surface area contributed by atoms with E-state index in [-0.39, 0.29) is 17.9 Å². The van der Waals surface area contributed by atoms with E-state index in [1.807, 2.05) is 6.07 Å². The number of para-hydroxylation sites is 1. The average molecular weight is 405 g/mol. The standard InChI is InChI=1S/C22H19N3O5/c1-28-14-7-9-18(20(11-14)29-2)24-21(26)19-10-8-15(30-19)12-25-13-23-17-6-4-3-5-16(17)22(25)27/h3-11,13H,12H2,1-2H3,(H,24,26). The lowest BCUT2D eigenvalue weighted by Crippen LogP contribution is -2.20. The number of furan rings is 1. The molecule has 0 saturated carbocycles. The number of methoxy groups -OCH3 is 2. The number of carbonyl (C=O) groups is 1. The quantitative estimate of drug-likeness (QED) is 0.529. The molecule has 1 amide bonds. The van der Waals surface area contributed by atoms with Crippen LogP contribution in [0.25, 0.3) is 10.9 Å². The molecule has 0 aliphatic carbocycles. The van der Waals surface area contributed by atoms with Gasteiger partial charge < -0.3 is 19.2 Å². The van der Waals surface area contributed by atoms with Gasteiger partial charge in [-0.2, -0.15) is 0 Å². The summed E-state index contributed by atoms with van der Waals surface area (Å²) in [5.74, 6) is 1.21. The molecular weight excluding hydrogens is 386 g/mol. The van der Waals surface area contributed by atoms with Crippen LogP contribution < -0.4 is 20.3 Å². The molecule has 2 aromatic heterocycles. The largest absolute Gasteiger partial charge is 0.497 e. The highest BCUT2D eigenvalue weighted by Gasteiger charge is 2.15. The number of anilines is 1. The van der Waals surface area contributed by atoms with Gasteiger partial charge in [-0.15, -0.1) is 0 Å². The first-order chi connectivity index (χ1) is 14.6. The van der Waals surface area contributed by atoms with Gasteiger partial charge in [0.05, 0.1) is 43.7 Å². The van der Waals surface area contributed by atoms with Crippen LogP contribution in [0.2, 0.25) is 0 Å². The Hall–Kier alpha value is -4.07. The minimum absolute atomic E-state index is 0.115. The summed E-state index contributed by atoms with van der Waals surface area (Å²) in [5.41, 5.74) is 0.939. The fraction of sp³-hybridized carbons (Fsp3) is 0.136. The Kier molecular flexibility index (Phi) is 5.21. The summed E-state index contributed by atoms with van der Waals surface area (Å²) in [5, 5.41) is 3.27. The van der Waals surface area contributed by atoms with Crippen molar-refractivity contribution in [2.45, 2.75) is 6.54 Å². The molecule has 8 nitrogen and oxygen atoms in total. The lowest BCUT2D eigenvalue weighted by atomic mass is 10.2. The predicted molar refractivity (Wildman–Crippen MR) is 111 cm³/mol. The van der Waals surface area contributed by atoms with Crippen molar-refractivity contribution < 1.29 is 18.7 Å². The van der Waals surface area contributed by atoms with Crippen LogP contribution >= 0.6 is 0 Å². The number of nitrogens with zero attached hydrogens (tertiary/aromatic N) is 2. The van der Waals surface area contributed by atoms with Crippen molar-refractivity contribution >= 4 is 22.5 Å². The van der Waals surface area contributed by atoms with Crippen LogP contribution in [0.15, 0.2) is 70.1 Å². The molecule has 4 aromatic rings. The first-order valence-corrected chi connectivity index (χ1v) is 9.15. The van der Waals surface area contributed by atoms with Crippen molar-refractivity contribution in [2.75, 3.05) is 19.5 Å². The van der Waals surface area contributed by atoms with E-state index in [0.717, 1.165) is 0 Å². The lowest BCUT2D eigenvalue weighted by molar-refractivity contribution is 0.0994. The zero-order valence-electron chi connectivity index (χ0n) is 16.4. The van der Waals surface area contributed by atoms with Gasteiger partial charge in [-0.05, 0) is 36.4 Å². The van der Waals surface area contributed by atoms with Crippen molar-refractivity contribution in [1.82, 2.24) is 9.55 Å². The summed E-state index contributed by atoms with van der Waals surface area (Å²) in [6.07, 6.45) is 1.47. The molecule has 2 aromatic carbocycles. The summed E-state index contributed by atoms with van der Waals surface area (Å²) >= 11 is 0. The fourth-order valence-electron chi connectivity index (χ4n) is 3.06. The monoisotopic (exact) mass is 405 g/mol. The van der Waals surface area contributed by atoms with Crippen molar-refractivity contribution in [3.8, 4) is 11.5 Å². The molecule has 0 unspecified atom stereocenters. The van der Waals surface area contributed by atoms with E-state index < -0.39 is 5.91 Å². The van der Waals surface area contributed by atoms with Gasteiger partial charge in [0.25, 0.3) is 11.5 Å². The van der Waals surface area contributed by atoms with Gasteiger partial charge in [-0.3, -0.25) is 14.2 Å². The van der Waals surface area contributed by atoms with Crippen molar-refractivity contribution in [2.24, 2.45) is 0 Å². The van der Waals surface area contributed by atoms with Crippen LogP contribution in [0.5, 0.6) is 11.5 Å². The molecule has 8 heteroatoms. The average Bonchev–Trinajstić information content (AvgIpc) is 3.25. The maximum absolute atomic E-state index is 12.6.